The van der Waals surface area contributed by atoms with Crippen molar-refractivity contribution in [3.63, 3.8) is 0 Å². The predicted octanol–water partition coefficient (Wildman–Crippen LogP) is 5.93. The van der Waals surface area contributed by atoms with Crippen LogP contribution in [0, 0.1) is 5.82 Å². The van der Waals surface area contributed by atoms with E-state index in [0.29, 0.717) is 0 Å². The van der Waals surface area contributed by atoms with Crippen LogP contribution in [0.15, 0.2) is 52.1 Å². The van der Waals surface area contributed by atoms with E-state index in [0.717, 1.165) is 19.1 Å². The lowest BCUT2D eigenvalue weighted by molar-refractivity contribution is -0.190. The van der Waals surface area contributed by atoms with Crippen LogP contribution in [0.3, 0.4) is 0 Å². The maximum absolute atomic E-state index is 15.4. The minimum Gasteiger partial charge on any atom is -0.448 e. The van der Waals surface area contributed by atoms with E-state index < -0.39 is 59.1 Å². The molecule has 3 rings (SSSR count). The second kappa shape index (κ2) is 9.75. The van der Waals surface area contributed by atoms with Gasteiger partial charge in [-0.25, -0.2) is 23.6 Å². The fraction of sp³-hybridized carbons (Fsp3) is 0.391. The van der Waals surface area contributed by atoms with Crippen molar-refractivity contribution in [2.75, 3.05) is 0 Å². The van der Waals surface area contributed by atoms with Crippen molar-refractivity contribution in [3.8, 4) is 0 Å². The number of pyridine rings is 1. The molecule has 0 saturated carbocycles. The molecule has 3 atom stereocenters. The molecule has 2 heterocycles. The Morgan fingerprint density at radius 3 is 2.28 bits per heavy atom. The number of amides is 2. The Kier molecular flexibility index (Phi) is 7.45. The number of imide groups is 1. The molecule has 0 bridgehead atoms. The van der Waals surface area contributed by atoms with Crippen LogP contribution in [0.25, 0.3) is 0 Å². The van der Waals surface area contributed by atoms with Crippen molar-refractivity contribution < 1.29 is 41.0 Å². The third kappa shape index (κ3) is 5.66. The zero-order valence-corrected chi connectivity index (χ0v) is 21.0. The molecule has 0 unspecified atom stereocenters. The molecule has 194 valence electrons. The van der Waals surface area contributed by atoms with Gasteiger partial charge in [0.1, 0.15) is 21.7 Å². The molecule has 36 heavy (non-hydrogen) atoms. The third-order valence-electron chi connectivity index (χ3n) is 4.97. The number of amidine groups is 1. The molecule has 13 heteroatoms. The van der Waals surface area contributed by atoms with Crippen molar-refractivity contribution in [2.24, 2.45) is 4.99 Å². The molecule has 0 saturated heterocycles. The Balaban J connectivity index is 2.22. The monoisotopic (exact) mass is 577 g/mol. The first-order chi connectivity index (χ1) is 16.5. The molecular formula is C23H21BrF5N3O4. The average molecular weight is 578 g/mol. The zero-order chi connectivity index (χ0) is 27.1. The SMILES string of the molecule is CC(C)(C)OC(=O)N(C(=O)c1ccccc1)C1=N[C@H](C(F)(F)F)[C@@H](F)[C@@](C)(c2nc(Br)ccc2F)O1. The van der Waals surface area contributed by atoms with Gasteiger partial charge in [0.25, 0.3) is 5.91 Å². The number of hydrogen-bond acceptors (Lipinski definition) is 6. The van der Waals surface area contributed by atoms with E-state index >= 15 is 4.39 Å². The third-order valence-corrected chi connectivity index (χ3v) is 5.41. The molecule has 2 aromatic rings. The van der Waals surface area contributed by atoms with Crippen molar-refractivity contribution in [1.82, 2.24) is 9.88 Å². The summed E-state index contributed by atoms with van der Waals surface area (Å²) in [6.45, 7) is 5.20. The molecule has 1 aliphatic heterocycles. The van der Waals surface area contributed by atoms with Crippen molar-refractivity contribution in [1.29, 1.82) is 0 Å². The van der Waals surface area contributed by atoms with Gasteiger partial charge in [-0.15, -0.1) is 0 Å². The van der Waals surface area contributed by atoms with Crippen LogP contribution in [-0.4, -0.2) is 51.9 Å². The van der Waals surface area contributed by atoms with Crippen LogP contribution < -0.4 is 0 Å². The molecule has 7 nitrogen and oxygen atoms in total. The minimum atomic E-state index is -5.30. The van der Waals surface area contributed by atoms with E-state index in [1.807, 2.05) is 0 Å². The van der Waals surface area contributed by atoms with Gasteiger partial charge in [0.2, 0.25) is 0 Å². The van der Waals surface area contributed by atoms with Gasteiger partial charge in [-0.1, -0.05) is 18.2 Å². The number of nitrogens with zero attached hydrogens (tertiary/aromatic N) is 3. The summed E-state index contributed by atoms with van der Waals surface area (Å²) in [7, 11) is 0. The summed E-state index contributed by atoms with van der Waals surface area (Å²) in [6, 6.07) is 4.70. The quantitative estimate of drug-likeness (QED) is 0.326. The summed E-state index contributed by atoms with van der Waals surface area (Å²) in [5.41, 5.74) is -4.90. The van der Waals surface area contributed by atoms with Crippen molar-refractivity contribution in [2.45, 2.75) is 57.3 Å². The molecule has 1 aliphatic rings. The molecule has 1 aromatic carbocycles. The number of hydrogen-bond donors (Lipinski definition) is 0. The summed E-state index contributed by atoms with van der Waals surface area (Å²) in [6.07, 6.45) is -9.73. The van der Waals surface area contributed by atoms with E-state index in [1.54, 1.807) is 6.07 Å². The van der Waals surface area contributed by atoms with Crippen molar-refractivity contribution >= 4 is 34.0 Å². The van der Waals surface area contributed by atoms with E-state index in [9.17, 15) is 27.2 Å². The number of carbonyl (C=O) groups excluding carboxylic acids is 2. The fourth-order valence-corrected chi connectivity index (χ4v) is 3.62. The summed E-state index contributed by atoms with van der Waals surface area (Å²) in [4.78, 5) is 33.4. The van der Waals surface area contributed by atoms with Crippen LogP contribution in [0.4, 0.5) is 26.7 Å². The maximum Gasteiger partial charge on any atom is 0.425 e. The Morgan fingerprint density at radius 2 is 1.72 bits per heavy atom. The molecule has 2 amide bonds. The predicted molar refractivity (Wildman–Crippen MR) is 121 cm³/mol. The van der Waals surface area contributed by atoms with Crippen LogP contribution in [-0.2, 0) is 15.1 Å². The van der Waals surface area contributed by atoms with E-state index in [-0.39, 0.29) is 15.1 Å². The lowest BCUT2D eigenvalue weighted by Crippen LogP contribution is -2.58. The van der Waals surface area contributed by atoms with Crippen LogP contribution in [0.2, 0.25) is 0 Å². The Bertz CT molecular complexity index is 1190. The number of ether oxygens (including phenoxy) is 2. The van der Waals surface area contributed by atoms with Gasteiger partial charge >= 0.3 is 18.3 Å². The Hall–Kier alpha value is -3.09. The largest absolute Gasteiger partial charge is 0.448 e. The number of rotatable bonds is 2. The molecular weight excluding hydrogens is 557 g/mol. The first-order valence-corrected chi connectivity index (χ1v) is 11.3. The van der Waals surface area contributed by atoms with Gasteiger partial charge in [0.05, 0.1) is 0 Å². The summed E-state index contributed by atoms with van der Waals surface area (Å²) < 4.78 is 82.5. The van der Waals surface area contributed by atoms with Crippen molar-refractivity contribution in [3.05, 3.63) is 64.1 Å². The molecule has 0 fully saturated rings. The highest BCUT2D eigenvalue weighted by Gasteiger charge is 2.60. The highest BCUT2D eigenvalue weighted by Crippen LogP contribution is 2.43. The topological polar surface area (TPSA) is 81.1 Å². The average Bonchev–Trinajstić information content (AvgIpc) is 2.76. The second-order valence-electron chi connectivity index (χ2n) is 8.96. The number of alkyl halides is 4. The van der Waals surface area contributed by atoms with E-state index in [1.165, 1.54) is 45.0 Å². The maximum atomic E-state index is 15.4. The van der Waals surface area contributed by atoms with Gasteiger partial charge in [0.15, 0.2) is 17.8 Å². The molecule has 0 N–H and O–H groups in total. The number of carbonyl (C=O) groups is 2. The number of benzene rings is 1. The van der Waals surface area contributed by atoms with E-state index in [2.05, 4.69) is 25.9 Å². The van der Waals surface area contributed by atoms with Gasteiger partial charge in [-0.3, -0.25) is 4.79 Å². The molecule has 0 aliphatic carbocycles. The second-order valence-corrected chi connectivity index (χ2v) is 9.77. The van der Waals surface area contributed by atoms with Crippen LogP contribution in [0.1, 0.15) is 43.7 Å². The van der Waals surface area contributed by atoms with Gasteiger partial charge in [-0.2, -0.15) is 18.1 Å². The lowest BCUT2D eigenvalue weighted by Gasteiger charge is -2.41. The fourth-order valence-electron chi connectivity index (χ4n) is 3.31. The zero-order valence-electron chi connectivity index (χ0n) is 19.4. The highest BCUT2D eigenvalue weighted by atomic mass is 79.9. The first kappa shape index (κ1) is 27.5. The van der Waals surface area contributed by atoms with Crippen LogP contribution >= 0.6 is 15.9 Å². The number of aliphatic imine (C=N–C) groups is 1. The smallest absolute Gasteiger partial charge is 0.425 e. The summed E-state index contributed by atoms with van der Waals surface area (Å²) >= 11 is 2.97. The minimum absolute atomic E-state index is 0.0205. The standard InChI is InChI=1S/C23H21BrF5N3O4/c1-21(2,3)36-20(34)32(18(33)12-8-6-5-7-9-12)19-31-17(23(27,28)29)15(26)22(4,35-19)16-13(25)10-11-14(24)30-16/h5-11,15,17H,1-4H3/t15-,17+,22+/m1/s1. The van der Waals surface area contributed by atoms with Gasteiger partial charge in [-0.05, 0) is 67.9 Å². The first-order valence-electron chi connectivity index (χ1n) is 10.5. The van der Waals surface area contributed by atoms with Crippen LogP contribution in [0.5, 0.6) is 0 Å². The lowest BCUT2D eigenvalue weighted by atomic mass is 9.89. The number of halogens is 6. The molecule has 1 aromatic heterocycles. The van der Waals surface area contributed by atoms with Gasteiger partial charge < -0.3 is 9.47 Å². The van der Waals surface area contributed by atoms with Gasteiger partial charge in [0, 0.05) is 5.56 Å². The number of aromatic nitrogens is 1. The highest BCUT2D eigenvalue weighted by molar-refractivity contribution is 9.10. The molecule has 0 radical (unpaired) electrons. The summed E-state index contributed by atoms with van der Waals surface area (Å²) in [5.74, 6) is -2.34. The Labute approximate surface area is 211 Å². The molecule has 0 spiro atoms. The Morgan fingerprint density at radius 1 is 1.11 bits per heavy atom. The summed E-state index contributed by atoms with van der Waals surface area (Å²) in [5, 5.41) is 0. The normalized spacial score (nSPS) is 22.3. The van der Waals surface area contributed by atoms with E-state index in [4.69, 9.17) is 9.47 Å².